The SMILES string of the molecule is CCCn1c(SCC(N)C(C)CC)n[nH]c1=O. The van der Waals surface area contributed by atoms with Gasteiger partial charge in [-0.2, -0.15) is 0 Å². The van der Waals surface area contributed by atoms with Gasteiger partial charge >= 0.3 is 5.69 Å². The summed E-state index contributed by atoms with van der Waals surface area (Å²) >= 11 is 1.56. The van der Waals surface area contributed by atoms with Crippen molar-refractivity contribution in [1.29, 1.82) is 0 Å². The fourth-order valence-corrected chi connectivity index (χ4v) is 2.58. The van der Waals surface area contributed by atoms with Gasteiger partial charge in [0.05, 0.1) is 0 Å². The number of hydrogen-bond acceptors (Lipinski definition) is 4. The molecule has 1 rings (SSSR count). The molecule has 0 aliphatic carbocycles. The highest BCUT2D eigenvalue weighted by Gasteiger charge is 2.14. The van der Waals surface area contributed by atoms with Gasteiger partial charge in [0.15, 0.2) is 5.16 Å². The Morgan fingerprint density at radius 3 is 2.82 bits per heavy atom. The number of nitrogens with two attached hydrogens (primary N) is 1. The molecule has 1 aromatic heterocycles. The molecule has 17 heavy (non-hydrogen) atoms. The molecule has 3 N–H and O–H groups in total. The van der Waals surface area contributed by atoms with Gasteiger partial charge in [-0.15, -0.1) is 5.10 Å². The molecule has 6 heteroatoms. The summed E-state index contributed by atoms with van der Waals surface area (Å²) in [6.07, 6.45) is 1.99. The summed E-state index contributed by atoms with van der Waals surface area (Å²) in [5, 5.41) is 7.26. The number of rotatable bonds is 7. The molecule has 0 bridgehead atoms. The van der Waals surface area contributed by atoms with E-state index in [0.29, 0.717) is 12.5 Å². The van der Waals surface area contributed by atoms with E-state index in [1.54, 1.807) is 16.3 Å². The lowest BCUT2D eigenvalue weighted by molar-refractivity contribution is 0.474. The zero-order valence-electron chi connectivity index (χ0n) is 10.8. The molecule has 0 amide bonds. The van der Waals surface area contributed by atoms with Crippen LogP contribution in [0.3, 0.4) is 0 Å². The van der Waals surface area contributed by atoms with Gasteiger partial charge in [0.25, 0.3) is 0 Å². The first-order valence-electron chi connectivity index (χ1n) is 6.13. The number of nitrogens with one attached hydrogen (secondary N) is 1. The van der Waals surface area contributed by atoms with E-state index in [9.17, 15) is 4.79 Å². The highest BCUT2D eigenvalue weighted by atomic mass is 32.2. The summed E-state index contributed by atoms with van der Waals surface area (Å²) in [4.78, 5) is 11.5. The Hall–Kier alpha value is -0.750. The van der Waals surface area contributed by atoms with Gasteiger partial charge in [-0.25, -0.2) is 9.89 Å². The van der Waals surface area contributed by atoms with E-state index in [-0.39, 0.29) is 11.7 Å². The molecular weight excluding hydrogens is 236 g/mol. The third-order valence-electron chi connectivity index (χ3n) is 2.95. The van der Waals surface area contributed by atoms with Crippen LogP contribution in [0.25, 0.3) is 0 Å². The predicted octanol–water partition coefficient (Wildman–Crippen LogP) is 1.45. The van der Waals surface area contributed by atoms with Crippen LogP contribution in [0.4, 0.5) is 0 Å². The van der Waals surface area contributed by atoms with Crippen molar-refractivity contribution in [2.24, 2.45) is 11.7 Å². The molecule has 1 aromatic rings. The molecule has 1 heterocycles. The average molecular weight is 258 g/mol. The minimum atomic E-state index is -0.133. The molecule has 0 fully saturated rings. The lowest BCUT2D eigenvalue weighted by Gasteiger charge is -2.17. The van der Waals surface area contributed by atoms with Gasteiger partial charge in [-0.05, 0) is 12.3 Å². The molecule has 0 saturated heterocycles. The summed E-state index contributed by atoms with van der Waals surface area (Å²) in [6.45, 7) is 7.03. The molecule has 0 saturated carbocycles. The third kappa shape index (κ3) is 3.89. The van der Waals surface area contributed by atoms with Crippen LogP contribution < -0.4 is 11.4 Å². The van der Waals surface area contributed by atoms with Gasteiger partial charge in [-0.3, -0.25) is 4.57 Å². The zero-order chi connectivity index (χ0) is 12.8. The van der Waals surface area contributed by atoms with Crippen molar-refractivity contribution in [3.63, 3.8) is 0 Å². The Morgan fingerprint density at radius 2 is 2.24 bits per heavy atom. The largest absolute Gasteiger partial charge is 0.343 e. The highest BCUT2D eigenvalue weighted by Crippen LogP contribution is 2.17. The van der Waals surface area contributed by atoms with Crippen molar-refractivity contribution < 1.29 is 0 Å². The molecule has 0 radical (unpaired) electrons. The number of thioether (sulfide) groups is 1. The second-order valence-corrected chi connectivity index (χ2v) is 5.31. The lowest BCUT2D eigenvalue weighted by atomic mass is 10.0. The maximum absolute atomic E-state index is 11.5. The van der Waals surface area contributed by atoms with Crippen molar-refractivity contribution >= 4 is 11.8 Å². The molecule has 5 nitrogen and oxygen atoms in total. The summed E-state index contributed by atoms with van der Waals surface area (Å²) in [6, 6.07) is 0.145. The van der Waals surface area contributed by atoms with Crippen LogP contribution in [-0.2, 0) is 6.54 Å². The lowest BCUT2D eigenvalue weighted by Crippen LogP contribution is -2.30. The van der Waals surface area contributed by atoms with E-state index in [2.05, 4.69) is 24.0 Å². The summed E-state index contributed by atoms with van der Waals surface area (Å²) in [5.74, 6) is 1.29. The summed E-state index contributed by atoms with van der Waals surface area (Å²) in [7, 11) is 0. The van der Waals surface area contributed by atoms with Crippen LogP contribution in [0.5, 0.6) is 0 Å². The number of nitrogens with zero attached hydrogens (tertiary/aromatic N) is 2. The van der Waals surface area contributed by atoms with Crippen molar-refractivity contribution in [3.05, 3.63) is 10.5 Å². The zero-order valence-corrected chi connectivity index (χ0v) is 11.6. The highest BCUT2D eigenvalue weighted by molar-refractivity contribution is 7.99. The van der Waals surface area contributed by atoms with Gasteiger partial charge in [0.1, 0.15) is 0 Å². The van der Waals surface area contributed by atoms with Gasteiger partial charge in [-0.1, -0.05) is 39.0 Å². The smallest absolute Gasteiger partial charge is 0.327 e. The molecule has 0 aliphatic heterocycles. The first-order valence-corrected chi connectivity index (χ1v) is 7.12. The maximum Gasteiger partial charge on any atom is 0.343 e. The fourth-order valence-electron chi connectivity index (χ4n) is 1.47. The first kappa shape index (κ1) is 14.3. The fraction of sp³-hybridized carbons (Fsp3) is 0.818. The number of aromatic amines is 1. The van der Waals surface area contributed by atoms with Crippen LogP contribution in [0.1, 0.15) is 33.6 Å². The quantitative estimate of drug-likeness (QED) is 0.726. The van der Waals surface area contributed by atoms with Crippen LogP contribution >= 0.6 is 11.8 Å². The molecule has 0 aliphatic rings. The van der Waals surface area contributed by atoms with E-state index in [0.717, 1.165) is 23.8 Å². The van der Waals surface area contributed by atoms with E-state index in [1.807, 2.05) is 6.92 Å². The Labute approximate surface area is 106 Å². The summed E-state index contributed by atoms with van der Waals surface area (Å²) < 4.78 is 1.67. The van der Waals surface area contributed by atoms with Crippen LogP contribution in [-0.4, -0.2) is 26.6 Å². The standard InChI is InChI=1S/C11H22N4OS/c1-4-6-15-10(16)13-14-11(15)17-7-9(12)8(3)5-2/h8-9H,4-7,12H2,1-3H3,(H,13,16). The molecular formula is C11H22N4OS. The molecule has 98 valence electrons. The van der Waals surface area contributed by atoms with E-state index in [4.69, 9.17) is 5.73 Å². The third-order valence-corrected chi connectivity index (χ3v) is 4.07. The topological polar surface area (TPSA) is 76.7 Å². The predicted molar refractivity (Wildman–Crippen MR) is 71.3 cm³/mol. The Morgan fingerprint density at radius 1 is 1.53 bits per heavy atom. The number of H-pyrrole nitrogens is 1. The monoisotopic (exact) mass is 258 g/mol. The molecule has 2 atom stereocenters. The molecule has 2 unspecified atom stereocenters. The van der Waals surface area contributed by atoms with Gasteiger partial charge in [0.2, 0.25) is 0 Å². The van der Waals surface area contributed by atoms with Crippen molar-refractivity contribution in [2.45, 2.75) is 51.4 Å². The van der Waals surface area contributed by atoms with Crippen molar-refractivity contribution in [3.8, 4) is 0 Å². The Kier molecular flexibility index (Phi) is 5.77. The average Bonchev–Trinajstić information content (AvgIpc) is 2.67. The Balaban J connectivity index is 2.60. The Bertz CT molecular complexity index is 387. The second kappa shape index (κ2) is 6.86. The summed E-state index contributed by atoms with van der Waals surface area (Å²) in [5.41, 5.74) is 5.93. The van der Waals surface area contributed by atoms with E-state index < -0.39 is 0 Å². The van der Waals surface area contributed by atoms with Gasteiger partial charge < -0.3 is 5.73 Å². The molecule has 0 aromatic carbocycles. The number of hydrogen-bond donors (Lipinski definition) is 2. The van der Waals surface area contributed by atoms with Gasteiger partial charge in [0, 0.05) is 18.3 Å². The van der Waals surface area contributed by atoms with E-state index in [1.165, 1.54) is 0 Å². The van der Waals surface area contributed by atoms with E-state index >= 15 is 0 Å². The second-order valence-electron chi connectivity index (χ2n) is 4.32. The van der Waals surface area contributed by atoms with Crippen LogP contribution in [0.15, 0.2) is 9.95 Å². The molecule has 0 spiro atoms. The normalized spacial score (nSPS) is 14.8. The minimum Gasteiger partial charge on any atom is -0.327 e. The van der Waals surface area contributed by atoms with Crippen molar-refractivity contribution in [2.75, 3.05) is 5.75 Å². The minimum absolute atomic E-state index is 0.133. The van der Waals surface area contributed by atoms with Crippen LogP contribution in [0, 0.1) is 5.92 Å². The number of aromatic nitrogens is 3. The van der Waals surface area contributed by atoms with Crippen LogP contribution in [0.2, 0.25) is 0 Å². The first-order chi connectivity index (χ1) is 8.10. The maximum atomic E-state index is 11.5. The van der Waals surface area contributed by atoms with Crippen molar-refractivity contribution in [1.82, 2.24) is 14.8 Å².